The molecule has 1 aliphatic heterocycles. The van der Waals surface area contributed by atoms with Gasteiger partial charge in [0, 0.05) is 12.6 Å². The van der Waals surface area contributed by atoms with E-state index in [0.29, 0.717) is 11.3 Å². The molecule has 9 heteroatoms. The van der Waals surface area contributed by atoms with Gasteiger partial charge < -0.3 is 9.84 Å². The highest BCUT2D eigenvalue weighted by Gasteiger charge is 2.37. The normalized spacial score (nSPS) is 15.6. The van der Waals surface area contributed by atoms with Crippen LogP contribution in [0.5, 0.6) is 5.75 Å². The SMILES string of the molecule is COc1ccc(/C=N/NC(=O)C2=C(O)c3ccccc3S(=O)(=O)N2C)cc1. The number of aliphatic hydroxyl groups excluding tert-OH is 1. The third-order valence-electron chi connectivity index (χ3n) is 4.03. The average Bonchev–Trinajstić information content (AvgIpc) is 2.67. The molecule has 0 aromatic heterocycles. The van der Waals surface area contributed by atoms with Crippen molar-refractivity contribution in [2.24, 2.45) is 5.10 Å². The highest BCUT2D eigenvalue weighted by molar-refractivity contribution is 7.89. The van der Waals surface area contributed by atoms with Crippen molar-refractivity contribution >= 4 is 27.9 Å². The second-order valence-electron chi connectivity index (χ2n) is 5.64. The van der Waals surface area contributed by atoms with Crippen molar-refractivity contribution < 1.29 is 23.1 Å². The van der Waals surface area contributed by atoms with Crippen LogP contribution in [0, 0.1) is 0 Å². The molecule has 3 rings (SSSR count). The maximum absolute atomic E-state index is 12.6. The fourth-order valence-electron chi connectivity index (χ4n) is 2.59. The lowest BCUT2D eigenvalue weighted by Gasteiger charge is -2.27. The zero-order valence-electron chi connectivity index (χ0n) is 14.6. The summed E-state index contributed by atoms with van der Waals surface area (Å²) in [4.78, 5) is 12.4. The summed E-state index contributed by atoms with van der Waals surface area (Å²) in [5, 5.41) is 14.2. The van der Waals surface area contributed by atoms with Gasteiger partial charge in [0.05, 0.1) is 18.2 Å². The second-order valence-corrected chi connectivity index (χ2v) is 7.58. The van der Waals surface area contributed by atoms with Gasteiger partial charge in [0.2, 0.25) is 0 Å². The number of benzene rings is 2. The van der Waals surface area contributed by atoms with Crippen LogP contribution in [0.3, 0.4) is 0 Å². The van der Waals surface area contributed by atoms with E-state index in [0.717, 1.165) is 4.31 Å². The number of hydrogen-bond donors (Lipinski definition) is 2. The van der Waals surface area contributed by atoms with Crippen LogP contribution in [0.4, 0.5) is 0 Å². The van der Waals surface area contributed by atoms with Crippen molar-refractivity contribution in [2.75, 3.05) is 14.2 Å². The Kier molecular flexibility index (Phi) is 4.87. The first-order valence-electron chi connectivity index (χ1n) is 7.85. The van der Waals surface area contributed by atoms with Crippen molar-refractivity contribution in [3.8, 4) is 5.75 Å². The van der Waals surface area contributed by atoms with Crippen molar-refractivity contribution in [3.63, 3.8) is 0 Å². The summed E-state index contributed by atoms with van der Waals surface area (Å²) in [5.74, 6) is -0.600. The number of fused-ring (bicyclic) bond motifs is 1. The van der Waals surface area contributed by atoms with Crippen LogP contribution in [0.2, 0.25) is 0 Å². The number of nitrogens with zero attached hydrogens (tertiary/aromatic N) is 2. The molecule has 1 amide bonds. The topological polar surface area (TPSA) is 108 Å². The third-order valence-corrected chi connectivity index (χ3v) is 5.85. The van der Waals surface area contributed by atoms with Crippen LogP contribution < -0.4 is 10.2 Å². The van der Waals surface area contributed by atoms with Gasteiger partial charge in [-0.15, -0.1) is 0 Å². The quantitative estimate of drug-likeness (QED) is 0.613. The van der Waals surface area contributed by atoms with Gasteiger partial charge in [0.25, 0.3) is 15.9 Å². The summed E-state index contributed by atoms with van der Waals surface area (Å²) in [6.45, 7) is 0. The number of hydrogen-bond acceptors (Lipinski definition) is 6. The molecule has 0 unspecified atom stereocenters. The monoisotopic (exact) mass is 387 g/mol. The molecule has 0 aliphatic carbocycles. The highest BCUT2D eigenvalue weighted by Crippen LogP contribution is 2.34. The van der Waals surface area contributed by atoms with E-state index in [1.165, 1.54) is 25.4 Å². The number of hydrazone groups is 1. The maximum atomic E-state index is 12.6. The predicted octanol–water partition coefficient (Wildman–Crippen LogP) is 1.71. The number of rotatable bonds is 4. The van der Waals surface area contributed by atoms with Crippen LogP contribution in [-0.4, -0.2) is 44.1 Å². The maximum Gasteiger partial charge on any atom is 0.292 e. The number of carbonyl (C=O) groups excluding carboxylic acids is 1. The van der Waals surface area contributed by atoms with Gasteiger partial charge in [-0.05, 0) is 42.0 Å². The van der Waals surface area contributed by atoms with Crippen molar-refractivity contribution in [1.82, 2.24) is 9.73 Å². The number of amides is 1. The second kappa shape index (κ2) is 7.12. The molecule has 140 valence electrons. The van der Waals surface area contributed by atoms with Gasteiger partial charge in [-0.1, -0.05) is 12.1 Å². The zero-order chi connectivity index (χ0) is 19.6. The van der Waals surface area contributed by atoms with E-state index in [4.69, 9.17) is 4.74 Å². The molecule has 0 fully saturated rings. The molecule has 0 radical (unpaired) electrons. The third kappa shape index (κ3) is 3.36. The number of methoxy groups -OCH3 is 1. The van der Waals surface area contributed by atoms with E-state index in [-0.39, 0.29) is 10.5 Å². The molecule has 2 aromatic rings. The Morgan fingerprint density at radius 2 is 1.85 bits per heavy atom. The first kappa shape index (κ1) is 18.5. The number of nitrogens with one attached hydrogen (secondary N) is 1. The Morgan fingerprint density at radius 3 is 2.52 bits per heavy atom. The molecule has 2 N–H and O–H groups in total. The minimum atomic E-state index is -3.94. The van der Waals surface area contributed by atoms with E-state index in [1.807, 2.05) is 0 Å². The minimum absolute atomic E-state index is 0.0664. The number of carbonyl (C=O) groups is 1. The Balaban J connectivity index is 1.86. The smallest absolute Gasteiger partial charge is 0.292 e. The Hall–Kier alpha value is -3.33. The number of likely N-dealkylation sites (N-methyl/N-ethyl adjacent to an activating group) is 1. The van der Waals surface area contributed by atoms with Gasteiger partial charge in [-0.25, -0.2) is 13.8 Å². The lowest BCUT2D eigenvalue weighted by molar-refractivity contribution is -0.118. The summed E-state index contributed by atoms with van der Waals surface area (Å²) < 4.78 is 30.9. The number of aliphatic hydroxyl groups is 1. The van der Waals surface area contributed by atoms with Gasteiger partial charge in [0.1, 0.15) is 5.75 Å². The molecular formula is C18H17N3O5S. The van der Waals surface area contributed by atoms with E-state index >= 15 is 0 Å². The molecule has 0 saturated heterocycles. The summed E-state index contributed by atoms with van der Waals surface area (Å²) in [5.41, 5.74) is 2.60. The molecule has 0 atom stereocenters. The van der Waals surface area contributed by atoms with Crippen LogP contribution in [-0.2, 0) is 14.8 Å². The first-order valence-corrected chi connectivity index (χ1v) is 9.29. The summed E-state index contributed by atoms with van der Waals surface area (Å²) >= 11 is 0. The molecule has 0 spiro atoms. The summed E-state index contributed by atoms with van der Waals surface area (Å²) in [6.07, 6.45) is 1.39. The van der Waals surface area contributed by atoms with Crippen LogP contribution >= 0.6 is 0 Å². The molecule has 1 heterocycles. The molecule has 0 saturated carbocycles. The molecule has 0 bridgehead atoms. The lowest BCUT2D eigenvalue weighted by atomic mass is 10.1. The standard InChI is InChI=1S/C18H17N3O5S/c1-21-16(17(22)14-5-3-4-6-15(14)27(21,24)25)18(23)20-19-11-12-7-9-13(26-2)10-8-12/h3-11,22H,1-2H3,(H,20,23)/b19-11+. The number of ether oxygens (including phenoxy) is 1. The molecule has 27 heavy (non-hydrogen) atoms. The Morgan fingerprint density at radius 1 is 1.19 bits per heavy atom. The van der Waals surface area contributed by atoms with E-state index in [1.54, 1.807) is 43.5 Å². The number of sulfonamides is 1. The van der Waals surface area contributed by atoms with Crippen molar-refractivity contribution in [2.45, 2.75) is 4.90 Å². The Bertz CT molecular complexity index is 1040. The van der Waals surface area contributed by atoms with E-state index in [2.05, 4.69) is 10.5 Å². The zero-order valence-corrected chi connectivity index (χ0v) is 15.4. The minimum Gasteiger partial charge on any atom is -0.505 e. The fraction of sp³-hybridized carbons (Fsp3) is 0.111. The van der Waals surface area contributed by atoms with Gasteiger partial charge in [-0.3, -0.25) is 9.10 Å². The fourth-order valence-corrected chi connectivity index (χ4v) is 3.99. The van der Waals surface area contributed by atoms with Gasteiger partial charge >= 0.3 is 0 Å². The average molecular weight is 387 g/mol. The van der Waals surface area contributed by atoms with Crippen LogP contribution in [0.25, 0.3) is 5.76 Å². The Labute approximate surface area is 156 Å². The van der Waals surface area contributed by atoms with Gasteiger partial charge in [-0.2, -0.15) is 5.10 Å². The molecule has 1 aliphatic rings. The lowest BCUT2D eigenvalue weighted by Crippen LogP contribution is -2.38. The largest absolute Gasteiger partial charge is 0.505 e. The van der Waals surface area contributed by atoms with Crippen LogP contribution in [0.1, 0.15) is 11.1 Å². The molecule has 2 aromatic carbocycles. The van der Waals surface area contributed by atoms with Crippen molar-refractivity contribution in [3.05, 3.63) is 65.4 Å². The predicted molar refractivity (Wildman–Crippen MR) is 99.7 cm³/mol. The summed E-state index contributed by atoms with van der Waals surface area (Å²) in [7, 11) is -1.19. The molecule has 8 nitrogen and oxygen atoms in total. The highest BCUT2D eigenvalue weighted by atomic mass is 32.2. The molecular weight excluding hydrogens is 370 g/mol. The van der Waals surface area contributed by atoms with Crippen LogP contribution in [0.15, 0.2) is 64.2 Å². The van der Waals surface area contributed by atoms with Gasteiger partial charge in [0.15, 0.2) is 11.5 Å². The summed E-state index contributed by atoms with van der Waals surface area (Å²) in [6, 6.07) is 12.9. The van der Waals surface area contributed by atoms with E-state index in [9.17, 15) is 18.3 Å². The van der Waals surface area contributed by atoms with E-state index < -0.39 is 27.4 Å². The van der Waals surface area contributed by atoms with Crippen molar-refractivity contribution in [1.29, 1.82) is 0 Å². The first-order chi connectivity index (χ1) is 12.9.